The first-order valence-electron chi connectivity index (χ1n) is 15.2. The molecule has 10 nitrogen and oxygen atoms in total. The Labute approximate surface area is 274 Å². The molecular formula is C33H44BN5O5PSi. The quantitative estimate of drug-likeness (QED) is 0.102. The largest absolute Gasteiger partial charge is 0.489 e. The molecule has 2 aromatic carbocycles. The molecule has 2 heterocycles. The number of aromatic nitrogens is 2. The average Bonchev–Trinajstić information content (AvgIpc) is 3.27. The van der Waals surface area contributed by atoms with Gasteiger partial charge in [0.15, 0.2) is 8.32 Å². The molecule has 46 heavy (non-hydrogen) atoms. The number of nitrogens with one attached hydrogen (secondary N) is 1. The number of fused-ring (bicyclic) bond motifs is 1. The fourth-order valence-electron chi connectivity index (χ4n) is 5.06. The smallest absolute Gasteiger partial charge is 0.329 e. The predicted octanol–water partition coefficient (Wildman–Crippen LogP) is 5.94. The van der Waals surface area contributed by atoms with Crippen molar-refractivity contribution in [2.24, 2.45) is 0 Å². The number of methoxy groups -OCH3 is 1. The lowest BCUT2D eigenvalue weighted by Gasteiger charge is -2.39. The monoisotopic (exact) mass is 660 g/mol. The van der Waals surface area contributed by atoms with Gasteiger partial charge in [-0.1, -0.05) is 27.7 Å². The third-order valence-corrected chi connectivity index (χ3v) is 14.8. The summed E-state index contributed by atoms with van der Waals surface area (Å²) in [6, 6.07) is 13.4. The second-order valence-corrected chi connectivity index (χ2v) is 21.8. The Morgan fingerprint density at radius 2 is 1.93 bits per heavy atom. The minimum absolute atomic E-state index is 0.0329. The summed E-state index contributed by atoms with van der Waals surface area (Å²) in [7, 11) is -1.52. The summed E-state index contributed by atoms with van der Waals surface area (Å²) < 4.78 is 30.6. The van der Waals surface area contributed by atoms with Crippen LogP contribution in [-0.2, 0) is 23.9 Å². The molecule has 0 amide bonds. The van der Waals surface area contributed by atoms with Crippen LogP contribution in [0.1, 0.15) is 38.8 Å². The first-order chi connectivity index (χ1) is 21.5. The number of anilines is 3. The van der Waals surface area contributed by atoms with Crippen molar-refractivity contribution in [3.63, 3.8) is 0 Å². The van der Waals surface area contributed by atoms with Gasteiger partial charge in [0.25, 0.3) is 0 Å². The molecule has 0 unspecified atom stereocenters. The van der Waals surface area contributed by atoms with Crippen molar-refractivity contribution in [3.8, 4) is 23.1 Å². The van der Waals surface area contributed by atoms with Crippen molar-refractivity contribution in [1.82, 2.24) is 9.97 Å². The molecular weight excluding hydrogens is 616 g/mol. The first kappa shape index (κ1) is 35.4. The van der Waals surface area contributed by atoms with Gasteiger partial charge in [0.05, 0.1) is 23.6 Å². The van der Waals surface area contributed by atoms with Crippen LogP contribution in [0.4, 0.5) is 17.3 Å². The van der Waals surface area contributed by atoms with Crippen LogP contribution in [0, 0.1) is 11.3 Å². The Morgan fingerprint density at radius 3 is 2.57 bits per heavy atom. The van der Waals surface area contributed by atoms with Crippen molar-refractivity contribution in [1.29, 1.82) is 5.26 Å². The molecule has 0 bridgehead atoms. The molecule has 0 aliphatic carbocycles. The van der Waals surface area contributed by atoms with Crippen molar-refractivity contribution in [2.75, 3.05) is 56.9 Å². The normalized spacial score (nSPS) is 16.5. The summed E-state index contributed by atoms with van der Waals surface area (Å²) in [5.74, 6) is 0.845. The number of ether oxygens (including phenoxy) is 2. The minimum Gasteiger partial charge on any atom is -0.489 e. The number of carbonyl (C=O) groups is 1. The van der Waals surface area contributed by atoms with Gasteiger partial charge >= 0.3 is 7.41 Å². The van der Waals surface area contributed by atoms with Crippen LogP contribution in [0.3, 0.4) is 0 Å². The van der Waals surface area contributed by atoms with Crippen LogP contribution in [0.5, 0.6) is 5.75 Å². The molecule has 1 radical (unpaired) electrons. The second kappa shape index (κ2) is 13.7. The summed E-state index contributed by atoms with van der Waals surface area (Å²) in [5, 5.41) is 14.2. The van der Waals surface area contributed by atoms with Crippen molar-refractivity contribution in [2.45, 2.75) is 51.2 Å². The van der Waals surface area contributed by atoms with Gasteiger partial charge in [-0.3, -0.25) is 0 Å². The maximum atomic E-state index is 12.8. The van der Waals surface area contributed by atoms with Gasteiger partial charge in [-0.15, -0.1) is 0 Å². The number of hydrogen-bond acceptors (Lipinski definition) is 10. The lowest BCUT2D eigenvalue weighted by Crippen LogP contribution is -2.46. The molecule has 1 atom stereocenters. The van der Waals surface area contributed by atoms with Gasteiger partial charge in [-0.05, 0) is 73.4 Å². The molecule has 0 fully saturated rings. The average molecular weight is 661 g/mol. The zero-order valence-electron chi connectivity index (χ0n) is 28.3. The maximum Gasteiger partial charge on any atom is 0.329 e. The standard InChI is InChI=1S/C33H44BN5O5PSi/c1-32(2,3)46(8,9)44-21-33(4)20-39(34-22-40)30-24(19-35)16-23(17-26(30)33)27-12-13-36-31(37-27)38-28-11-10-25(45(6,7)41)18-29(28)43-15-14-42-5/h10-13,16-18,22H,14-15,20-21H2,1-9H3,(H,36,37,38)/t33-/m1/s1. The van der Waals surface area contributed by atoms with E-state index < -0.39 is 20.9 Å². The van der Waals surface area contributed by atoms with E-state index in [0.717, 1.165) is 17.3 Å². The summed E-state index contributed by atoms with van der Waals surface area (Å²) in [5.41, 5.74) is 3.60. The SMILES string of the molecule is COCCOc1cc(P(C)(C)=O)ccc1Nc1nccc(-c2cc(C#N)c3c(c2)[C@@](C)(CO[Si](C)(C)C(C)(C)C)CN3[B]C=O)n1. The Bertz CT molecular complexity index is 1690. The van der Waals surface area contributed by atoms with E-state index in [-0.39, 0.29) is 5.04 Å². The van der Waals surface area contributed by atoms with E-state index in [4.69, 9.17) is 18.9 Å². The van der Waals surface area contributed by atoms with Crippen LogP contribution in [0.25, 0.3) is 11.3 Å². The number of hydrogen-bond donors (Lipinski definition) is 1. The fourth-order valence-corrected chi connectivity index (χ4v) is 7.04. The van der Waals surface area contributed by atoms with Gasteiger partial charge in [0, 0.05) is 48.4 Å². The lowest BCUT2D eigenvalue weighted by molar-refractivity contribution is 0.147. The van der Waals surface area contributed by atoms with Gasteiger partial charge in [0.2, 0.25) is 5.95 Å². The van der Waals surface area contributed by atoms with Gasteiger partial charge < -0.3 is 33.4 Å². The Balaban J connectivity index is 1.73. The highest BCUT2D eigenvalue weighted by Gasteiger charge is 2.44. The summed E-state index contributed by atoms with van der Waals surface area (Å²) in [4.78, 5) is 22.7. The van der Waals surface area contributed by atoms with E-state index in [1.54, 1.807) is 44.8 Å². The number of carbonyl (C=O) groups excluding carboxylic acids is 1. The Morgan fingerprint density at radius 1 is 1.20 bits per heavy atom. The first-order valence-corrected chi connectivity index (χ1v) is 20.7. The topological polar surface area (TPSA) is 127 Å². The summed E-state index contributed by atoms with van der Waals surface area (Å²) in [6.07, 6.45) is 2.41. The van der Waals surface area contributed by atoms with Crippen LogP contribution >= 0.6 is 7.14 Å². The minimum atomic E-state index is -2.52. The number of rotatable bonds is 13. The van der Waals surface area contributed by atoms with Gasteiger partial charge in [-0.25, -0.2) is 9.97 Å². The third kappa shape index (κ3) is 7.72. The molecule has 0 spiro atoms. The van der Waals surface area contributed by atoms with Crippen molar-refractivity contribution in [3.05, 3.63) is 53.7 Å². The molecule has 1 N–H and O–H groups in total. The molecule has 1 aromatic heterocycles. The molecule has 0 saturated heterocycles. The maximum absolute atomic E-state index is 12.8. The molecule has 4 rings (SSSR count). The second-order valence-electron chi connectivity index (χ2n) is 13.8. The van der Waals surface area contributed by atoms with E-state index >= 15 is 0 Å². The zero-order chi connectivity index (χ0) is 33.9. The Kier molecular flexibility index (Phi) is 10.5. The van der Waals surface area contributed by atoms with E-state index in [9.17, 15) is 14.6 Å². The molecule has 13 heteroatoms. The highest BCUT2D eigenvalue weighted by molar-refractivity contribution is 7.70. The van der Waals surface area contributed by atoms with E-state index in [1.165, 1.54) is 7.41 Å². The molecule has 3 aromatic rings. The molecule has 0 saturated carbocycles. The number of nitriles is 1. The summed E-state index contributed by atoms with van der Waals surface area (Å²) in [6.45, 7) is 18.3. The van der Waals surface area contributed by atoms with Crippen LogP contribution in [0.15, 0.2) is 42.6 Å². The molecule has 1 aliphatic heterocycles. The van der Waals surface area contributed by atoms with E-state index in [1.807, 2.05) is 23.0 Å². The van der Waals surface area contributed by atoms with Gasteiger partial charge in [-0.2, -0.15) is 5.26 Å². The van der Waals surface area contributed by atoms with Crippen LogP contribution < -0.4 is 20.2 Å². The summed E-state index contributed by atoms with van der Waals surface area (Å²) >= 11 is 0. The van der Waals surface area contributed by atoms with E-state index in [2.05, 4.69) is 57.2 Å². The highest BCUT2D eigenvalue weighted by atomic mass is 31.2. The zero-order valence-corrected chi connectivity index (χ0v) is 30.2. The van der Waals surface area contributed by atoms with Gasteiger partial charge in [0.1, 0.15) is 31.8 Å². The number of nitrogens with zero attached hydrogens (tertiary/aromatic N) is 4. The third-order valence-electron chi connectivity index (χ3n) is 8.82. The van der Waals surface area contributed by atoms with Crippen molar-refractivity contribution >= 4 is 51.7 Å². The predicted molar refractivity (Wildman–Crippen MR) is 189 cm³/mol. The Hall–Kier alpha value is -3.49. The lowest BCUT2D eigenvalue weighted by atomic mass is 9.83. The van der Waals surface area contributed by atoms with E-state index in [0.29, 0.717) is 66.0 Å². The van der Waals surface area contributed by atoms with Crippen LogP contribution in [-0.4, -0.2) is 78.7 Å². The van der Waals surface area contributed by atoms with Crippen molar-refractivity contribution < 1.29 is 23.3 Å². The number of benzene rings is 2. The molecule has 243 valence electrons. The fraction of sp³-hybridized carbons (Fsp3) is 0.455. The highest BCUT2D eigenvalue weighted by Crippen LogP contribution is 2.46. The molecule has 1 aliphatic rings. The van der Waals surface area contributed by atoms with Crippen LogP contribution in [0.2, 0.25) is 18.1 Å².